The molecule has 0 unspecified atom stereocenters. The lowest BCUT2D eigenvalue weighted by Gasteiger charge is -2.42. The van der Waals surface area contributed by atoms with Crippen LogP contribution in [0.15, 0.2) is 16.6 Å². The van der Waals surface area contributed by atoms with E-state index in [9.17, 15) is 0 Å². The van der Waals surface area contributed by atoms with Gasteiger partial charge in [-0.1, -0.05) is 75.9 Å². The molecule has 0 aliphatic heterocycles. The van der Waals surface area contributed by atoms with Crippen LogP contribution in [0.4, 0.5) is 0 Å². The summed E-state index contributed by atoms with van der Waals surface area (Å²) >= 11 is 3.83. The highest BCUT2D eigenvalue weighted by Crippen LogP contribution is 2.47. The van der Waals surface area contributed by atoms with Crippen molar-refractivity contribution in [2.45, 2.75) is 90.4 Å². The van der Waals surface area contributed by atoms with Gasteiger partial charge in [0.15, 0.2) is 0 Å². The number of rotatable bonds is 5. The summed E-state index contributed by atoms with van der Waals surface area (Å²) < 4.78 is 1.32. The Kier molecular flexibility index (Phi) is 5.23. The van der Waals surface area contributed by atoms with Crippen molar-refractivity contribution < 1.29 is 0 Å². The van der Waals surface area contributed by atoms with Gasteiger partial charge in [-0.2, -0.15) is 0 Å². The van der Waals surface area contributed by atoms with Gasteiger partial charge in [-0.25, -0.2) is 0 Å². The summed E-state index contributed by atoms with van der Waals surface area (Å²) in [7, 11) is 0. The molecule has 0 amide bonds. The molecule has 1 aromatic carbocycles. The first-order valence-corrected chi connectivity index (χ1v) is 9.40. The van der Waals surface area contributed by atoms with Gasteiger partial charge in [-0.3, -0.25) is 0 Å². The van der Waals surface area contributed by atoms with Crippen molar-refractivity contribution in [2.24, 2.45) is 0 Å². The molecule has 0 bridgehead atoms. The first kappa shape index (κ1) is 17.1. The molecule has 1 heteroatoms. The number of aryl methyl sites for hydroxylation is 1. The number of unbranched alkanes of at least 4 members (excludes halogenated alkanes) is 3. The highest BCUT2D eigenvalue weighted by Gasteiger charge is 2.37. The highest BCUT2D eigenvalue weighted by molar-refractivity contribution is 9.10. The van der Waals surface area contributed by atoms with Crippen LogP contribution in [0.2, 0.25) is 0 Å². The number of hydrogen-bond donors (Lipinski definition) is 0. The third-order valence-corrected chi connectivity index (χ3v) is 6.06. The maximum absolute atomic E-state index is 3.83. The SMILES string of the molecule is CCCCCCc1cc2c(cc1Br)C(C)(C)CCC2(C)C. The molecule has 1 aromatic rings. The van der Waals surface area contributed by atoms with Crippen molar-refractivity contribution in [3.05, 3.63) is 33.3 Å². The second-order valence-electron chi connectivity index (χ2n) is 8.07. The topological polar surface area (TPSA) is 0 Å². The van der Waals surface area contributed by atoms with Crippen LogP contribution in [0.1, 0.15) is 89.8 Å². The van der Waals surface area contributed by atoms with Gasteiger partial charge in [0.2, 0.25) is 0 Å². The maximum Gasteiger partial charge on any atom is 0.0210 e. The molecular weight excluding hydrogens is 320 g/mol. The van der Waals surface area contributed by atoms with Crippen LogP contribution in [-0.4, -0.2) is 0 Å². The Morgan fingerprint density at radius 2 is 1.48 bits per heavy atom. The molecule has 0 atom stereocenters. The van der Waals surface area contributed by atoms with E-state index in [0.29, 0.717) is 10.8 Å². The Labute approximate surface area is 139 Å². The lowest BCUT2D eigenvalue weighted by atomic mass is 9.63. The largest absolute Gasteiger partial charge is 0.0654 e. The average molecular weight is 351 g/mol. The first-order chi connectivity index (χ1) is 9.78. The Morgan fingerprint density at radius 3 is 2.05 bits per heavy atom. The van der Waals surface area contributed by atoms with E-state index in [0.717, 1.165) is 0 Å². The zero-order chi connectivity index (χ0) is 15.7. The van der Waals surface area contributed by atoms with Crippen molar-refractivity contribution in [3.63, 3.8) is 0 Å². The van der Waals surface area contributed by atoms with Crippen molar-refractivity contribution in [2.75, 3.05) is 0 Å². The molecule has 0 heterocycles. The van der Waals surface area contributed by atoms with Crippen LogP contribution in [0, 0.1) is 0 Å². The minimum absolute atomic E-state index is 0.314. The van der Waals surface area contributed by atoms with Gasteiger partial charge in [-0.05, 0) is 59.3 Å². The fraction of sp³-hybridized carbons (Fsp3) is 0.700. The normalized spacial score (nSPS) is 19.3. The second-order valence-corrected chi connectivity index (χ2v) is 8.92. The van der Waals surface area contributed by atoms with Crippen LogP contribution in [-0.2, 0) is 17.3 Å². The Balaban J connectivity index is 2.31. The fourth-order valence-corrected chi connectivity index (χ4v) is 4.11. The molecule has 0 radical (unpaired) electrons. The van der Waals surface area contributed by atoms with E-state index >= 15 is 0 Å². The predicted octanol–water partition coefficient (Wildman–Crippen LogP) is 6.92. The van der Waals surface area contributed by atoms with Crippen LogP contribution in [0.25, 0.3) is 0 Å². The molecule has 0 aromatic heterocycles. The van der Waals surface area contributed by atoms with Crippen LogP contribution >= 0.6 is 15.9 Å². The van der Waals surface area contributed by atoms with Gasteiger partial charge in [0.1, 0.15) is 0 Å². The van der Waals surface area contributed by atoms with Crippen molar-refractivity contribution in [1.82, 2.24) is 0 Å². The molecule has 0 nitrogen and oxygen atoms in total. The molecule has 2 rings (SSSR count). The van der Waals surface area contributed by atoms with Gasteiger partial charge in [-0.15, -0.1) is 0 Å². The lowest BCUT2D eigenvalue weighted by molar-refractivity contribution is 0.331. The second kappa shape index (κ2) is 6.44. The third kappa shape index (κ3) is 3.73. The van der Waals surface area contributed by atoms with Crippen molar-refractivity contribution in [1.29, 1.82) is 0 Å². The van der Waals surface area contributed by atoms with E-state index in [2.05, 4.69) is 62.7 Å². The van der Waals surface area contributed by atoms with E-state index in [-0.39, 0.29) is 0 Å². The van der Waals surface area contributed by atoms with E-state index < -0.39 is 0 Å². The summed E-state index contributed by atoms with van der Waals surface area (Å²) in [6.07, 6.45) is 9.14. The summed E-state index contributed by atoms with van der Waals surface area (Å²) in [6, 6.07) is 4.93. The van der Waals surface area contributed by atoms with Crippen LogP contribution < -0.4 is 0 Å². The van der Waals surface area contributed by atoms with Gasteiger partial charge in [0.05, 0.1) is 0 Å². The molecule has 0 saturated carbocycles. The number of fused-ring (bicyclic) bond motifs is 1. The summed E-state index contributed by atoms with van der Waals surface area (Å²) in [5, 5.41) is 0. The smallest absolute Gasteiger partial charge is 0.0210 e. The number of halogens is 1. The van der Waals surface area contributed by atoms with Gasteiger partial charge in [0, 0.05) is 4.47 Å². The van der Waals surface area contributed by atoms with Gasteiger partial charge in [0.25, 0.3) is 0 Å². The third-order valence-electron chi connectivity index (χ3n) is 5.32. The highest BCUT2D eigenvalue weighted by atomic mass is 79.9. The standard InChI is InChI=1S/C20H31Br/c1-6-7-8-9-10-15-13-16-17(14-18(15)21)20(4,5)12-11-19(16,2)3/h13-14H,6-12H2,1-5H3. The maximum atomic E-state index is 3.83. The molecule has 0 fully saturated rings. The Morgan fingerprint density at radius 1 is 0.905 bits per heavy atom. The molecule has 0 N–H and O–H groups in total. The molecule has 1 aliphatic carbocycles. The molecule has 118 valence electrons. The van der Waals surface area contributed by atoms with E-state index in [1.165, 1.54) is 55.0 Å². The van der Waals surface area contributed by atoms with E-state index in [1.807, 2.05) is 0 Å². The summed E-state index contributed by atoms with van der Waals surface area (Å²) in [4.78, 5) is 0. The van der Waals surface area contributed by atoms with Crippen LogP contribution in [0.5, 0.6) is 0 Å². The van der Waals surface area contributed by atoms with Crippen molar-refractivity contribution in [3.8, 4) is 0 Å². The molecular formula is C20H31Br. The summed E-state index contributed by atoms with van der Waals surface area (Å²) in [5.74, 6) is 0. The van der Waals surface area contributed by atoms with Gasteiger partial charge < -0.3 is 0 Å². The van der Waals surface area contributed by atoms with Gasteiger partial charge >= 0.3 is 0 Å². The Hall–Kier alpha value is -0.300. The molecule has 0 spiro atoms. The minimum Gasteiger partial charge on any atom is -0.0654 e. The van der Waals surface area contributed by atoms with Crippen LogP contribution in [0.3, 0.4) is 0 Å². The minimum atomic E-state index is 0.314. The molecule has 1 aliphatic rings. The summed E-state index contributed by atoms with van der Waals surface area (Å²) in [6.45, 7) is 11.9. The predicted molar refractivity (Wildman–Crippen MR) is 97.3 cm³/mol. The summed E-state index contributed by atoms with van der Waals surface area (Å²) in [5.41, 5.74) is 5.30. The Bertz CT molecular complexity index is 497. The lowest BCUT2D eigenvalue weighted by Crippen LogP contribution is -2.34. The fourth-order valence-electron chi connectivity index (χ4n) is 3.57. The number of benzene rings is 1. The quantitative estimate of drug-likeness (QED) is 0.505. The van der Waals surface area contributed by atoms with Crippen molar-refractivity contribution >= 4 is 15.9 Å². The van der Waals surface area contributed by atoms with E-state index in [1.54, 1.807) is 11.1 Å². The zero-order valence-corrected chi connectivity index (χ0v) is 16.1. The van der Waals surface area contributed by atoms with E-state index in [4.69, 9.17) is 0 Å². The average Bonchev–Trinajstić information content (AvgIpc) is 2.41. The first-order valence-electron chi connectivity index (χ1n) is 8.61. The zero-order valence-electron chi connectivity index (χ0n) is 14.5. The number of hydrogen-bond acceptors (Lipinski definition) is 0. The molecule has 21 heavy (non-hydrogen) atoms. The molecule has 0 saturated heterocycles. The monoisotopic (exact) mass is 350 g/mol.